The van der Waals surface area contributed by atoms with Crippen LogP contribution in [0.15, 0.2) is 58.5 Å². The molecule has 0 unspecified atom stereocenters. The SMILES string of the molecule is Cc1nc(SCCCCC(=O)NCc2ccc3c(c2)OCO3)n(C)c(=O)c1Cc1ccccc1. The zero-order chi connectivity index (χ0) is 23.9. The number of aromatic nitrogens is 2. The first-order valence-electron chi connectivity index (χ1n) is 11.4. The standard InChI is InChI=1S/C26H29N3O4S/c1-18-21(14-19-8-4-3-5-9-19)25(31)29(2)26(28-18)34-13-7-6-10-24(30)27-16-20-11-12-22-23(15-20)33-17-32-22/h3-5,8-9,11-12,15H,6-7,10,13-14,16-17H2,1-2H3,(H,27,30). The first kappa shape index (κ1) is 23.9. The van der Waals surface area contributed by atoms with Crippen molar-refractivity contribution in [2.75, 3.05) is 12.5 Å². The van der Waals surface area contributed by atoms with E-state index in [2.05, 4.69) is 10.3 Å². The van der Waals surface area contributed by atoms with E-state index in [4.69, 9.17) is 9.47 Å². The number of carbonyl (C=O) groups excluding carboxylic acids is 1. The van der Waals surface area contributed by atoms with Gasteiger partial charge in [0, 0.05) is 43.4 Å². The number of benzene rings is 2. The lowest BCUT2D eigenvalue weighted by Gasteiger charge is -2.12. The third-order valence-corrected chi connectivity index (χ3v) is 6.85. The number of unbranched alkanes of at least 4 members (excludes halogenated alkanes) is 1. The zero-order valence-corrected chi connectivity index (χ0v) is 20.3. The number of carbonyl (C=O) groups is 1. The molecule has 8 heteroatoms. The van der Waals surface area contributed by atoms with Crippen LogP contribution in [-0.2, 0) is 24.8 Å². The summed E-state index contributed by atoms with van der Waals surface area (Å²) in [6.07, 6.45) is 2.69. The Labute approximate surface area is 203 Å². The molecule has 4 rings (SSSR count). The van der Waals surface area contributed by atoms with E-state index in [0.717, 1.165) is 52.5 Å². The van der Waals surface area contributed by atoms with Crippen molar-refractivity contribution in [1.82, 2.24) is 14.9 Å². The highest BCUT2D eigenvalue weighted by atomic mass is 32.2. The van der Waals surface area contributed by atoms with Gasteiger partial charge >= 0.3 is 0 Å². The molecule has 0 spiro atoms. The number of hydrogen-bond donors (Lipinski definition) is 1. The average Bonchev–Trinajstić information content (AvgIpc) is 3.32. The van der Waals surface area contributed by atoms with Crippen LogP contribution >= 0.6 is 11.8 Å². The maximum atomic E-state index is 12.9. The topological polar surface area (TPSA) is 82.4 Å². The van der Waals surface area contributed by atoms with Gasteiger partial charge in [0.1, 0.15) is 0 Å². The molecule has 7 nitrogen and oxygen atoms in total. The van der Waals surface area contributed by atoms with Crippen LogP contribution in [0.1, 0.15) is 41.6 Å². The summed E-state index contributed by atoms with van der Waals surface area (Å²) in [5.74, 6) is 2.28. The molecule has 0 fully saturated rings. The summed E-state index contributed by atoms with van der Waals surface area (Å²) in [6, 6.07) is 15.6. The molecule has 0 bridgehead atoms. The smallest absolute Gasteiger partial charge is 0.257 e. The Kier molecular flexibility index (Phi) is 7.90. The number of aryl methyl sites for hydroxylation is 1. The van der Waals surface area contributed by atoms with Crippen molar-refractivity contribution >= 4 is 17.7 Å². The van der Waals surface area contributed by atoms with Crippen LogP contribution in [0.3, 0.4) is 0 Å². The minimum Gasteiger partial charge on any atom is -0.454 e. The first-order chi connectivity index (χ1) is 16.5. The summed E-state index contributed by atoms with van der Waals surface area (Å²) in [5, 5.41) is 3.66. The first-order valence-corrected chi connectivity index (χ1v) is 12.4. The Hall–Kier alpha value is -3.26. The highest BCUT2D eigenvalue weighted by Crippen LogP contribution is 2.32. The van der Waals surface area contributed by atoms with Crippen LogP contribution in [0.5, 0.6) is 11.5 Å². The largest absolute Gasteiger partial charge is 0.454 e. The van der Waals surface area contributed by atoms with Gasteiger partial charge in [-0.1, -0.05) is 48.2 Å². The normalized spacial score (nSPS) is 12.1. The molecule has 2 heterocycles. The van der Waals surface area contributed by atoms with E-state index < -0.39 is 0 Å². The molecule has 3 aromatic rings. The lowest BCUT2D eigenvalue weighted by molar-refractivity contribution is -0.121. The van der Waals surface area contributed by atoms with Gasteiger partial charge in [0.25, 0.3) is 5.56 Å². The van der Waals surface area contributed by atoms with E-state index in [0.29, 0.717) is 24.5 Å². The number of fused-ring (bicyclic) bond motifs is 1. The Bertz CT molecular complexity index is 1210. The van der Waals surface area contributed by atoms with Gasteiger partial charge in [-0.15, -0.1) is 0 Å². The fourth-order valence-electron chi connectivity index (χ4n) is 3.75. The Balaban J connectivity index is 1.20. The van der Waals surface area contributed by atoms with Crippen LogP contribution in [0.25, 0.3) is 0 Å². The van der Waals surface area contributed by atoms with E-state index in [9.17, 15) is 9.59 Å². The molecule has 1 aliphatic rings. The summed E-state index contributed by atoms with van der Waals surface area (Å²) in [6.45, 7) is 2.60. The number of amides is 1. The van der Waals surface area contributed by atoms with Gasteiger partial charge in [-0.3, -0.25) is 14.2 Å². The maximum absolute atomic E-state index is 12.9. The molecule has 0 aliphatic carbocycles. The van der Waals surface area contributed by atoms with Crippen molar-refractivity contribution in [2.45, 2.75) is 44.3 Å². The molecular weight excluding hydrogens is 450 g/mol. The zero-order valence-electron chi connectivity index (χ0n) is 19.5. The molecular formula is C26H29N3O4S. The lowest BCUT2D eigenvalue weighted by Crippen LogP contribution is -2.25. The maximum Gasteiger partial charge on any atom is 0.257 e. The molecule has 1 amide bonds. The van der Waals surface area contributed by atoms with Crippen LogP contribution in [0.4, 0.5) is 0 Å². The second-order valence-electron chi connectivity index (χ2n) is 8.25. The monoisotopic (exact) mass is 479 g/mol. The number of hydrogen-bond acceptors (Lipinski definition) is 6. The highest BCUT2D eigenvalue weighted by molar-refractivity contribution is 7.99. The van der Waals surface area contributed by atoms with Gasteiger partial charge in [-0.05, 0) is 43.0 Å². The molecule has 0 atom stereocenters. The molecule has 1 aromatic heterocycles. The Morgan fingerprint density at radius 3 is 2.71 bits per heavy atom. The van der Waals surface area contributed by atoms with Gasteiger partial charge < -0.3 is 14.8 Å². The van der Waals surface area contributed by atoms with Crippen molar-refractivity contribution in [3.63, 3.8) is 0 Å². The second kappa shape index (κ2) is 11.2. The number of nitrogens with zero attached hydrogens (tertiary/aromatic N) is 2. The third-order valence-electron chi connectivity index (χ3n) is 5.73. The third kappa shape index (κ3) is 5.99. The van der Waals surface area contributed by atoms with E-state index >= 15 is 0 Å². The van der Waals surface area contributed by atoms with E-state index in [1.165, 1.54) is 0 Å². The van der Waals surface area contributed by atoms with Gasteiger partial charge in [0.05, 0.1) is 0 Å². The minimum atomic E-state index is 0.00162. The van der Waals surface area contributed by atoms with Gasteiger partial charge in [0.2, 0.25) is 12.7 Å². The summed E-state index contributed by atoms with van der Waals surface area (Å²) in [4.78, 5) is 29.7. The van der Waals surface area contributed by atoms with E-state index in [1.807, 2.05) is 55.5 Å². The van der Waals surface area contributed by atoms with Gasteiger partial charge in [-0.2, -0.15) is 0 Å². The van der Waals surface area contributed by atoms with E-state index in [1.54, 1.807) is 23.4 Å². The molecule has 178 valence electrons. The summed E-state index contributed by atoms with van der Waals surface area (Å²) >= 11 is 1.56. The van der Waals surface area contributed by atoms with Crippen molar-refractivity contribution in [3.05, 3.63) is 81.3 Å². The number of nitrogens with one attached hydrogen (secondary N) is 1. The summed E-state index contributed by atoms with van der Waals surface area (Å²) in [5.41, 5.74) is 3.59. The number of ether oxygens (including phenoxy) is 2. The van der Waals surface area contributed by atoms with Crippen molar-refractivity contribution in [3.8, 4) is 11.5 Å². The molecule has 34 heavy (non-hydrogen) atoms. The minimum absolute atomic E-state index is 0.00162. The summed E-state index contributed by atoms with van der Waals surface area (Å²) in [7, 11) is 1.77. The fraction of sp³-hybridized carbons (Fsp3) is 0.346. The highest BCUT2D eigenvalue weighted by Gasteiger charge is 2.14. The Morgan fingerprint density at radius 1 is 1.09 bits per heavy atom. The van der Waals surface area contributed by atoms with Crippen molar-refractivity contribution < 1.29 is 14.3 Å². The molecule has 1 N–H and O–H groups in total. The van der Waals surface area contributed by atoms with Crippen LogP contribution < -0.4 is 20.3 Å². The van der Waals surface area contributed by atoms with E-state index in [-0.39, 0.29) is 18.3 Å². The molecule has 0 saturated carbocycles. The second-order valence-corrected chi connectivity index (χ2v) is 9.32. The lowest BCUT2D eigenvalue weighted by atomic mass is 10.1. The number of thioether (sulfide) groups is 1. The van der Waals surface area contributed by atoms with Crippen LogP contribution in [-0.4, -0.2) is 28.0 Å². The number of rotatable bonds is 10. The van der Waals surface area contributed by atoms with Crippen molar-refractivity contribution in [2.24, 2.45) is 7.05 Å². The molecule has 0 radical (unpaired) electrons. The van der Waals surface area contributed by atoms with Crippen LogP contribution in [0, 0.1) is 6.92 Å². The molecule has 0 saturated heterocycles. The van der Waals surface area contributed by atoms with Crippen molar-refractivity contribution in [1.29, 1.82) is 0 Å². The molecule has 1 aliphatic heterocycles. The van der Waals surface area contributed by atoms with Crippen LogP contribution in [0.2, 0.25) is 0 Å². The Morgan fingerprint density at radius 2 is 1.88 bits per heavy atom. The average molecular weight is 480 g/mol. The molecule has 2 aromatic carbocycles. The van der Waals surface area contributed by atoms with Gasteiger partial charge in [0.15, 0.2) is 16.7 Å². The predicted octanol–water partition coefficient (Wildman–Crippen LogP) is 3.99. The fourth-order valence-corrected chi connectivity index (χ4v) is 4.76. The predicted molar refractivity (Wildman–Crippen MR) is 132 cm³/mol. The van der Waals surface area contributed by atoms with Gasteiger partial charge in [-0.25, -0.2) is 4.98 Å². The quantitative estimate of drug-likeness (QED) is 0.269. The summed E-state index contributed by atoms with van der Waals surface area (Å²) < 4.78 is 12.3.